The third-order valence-corrected chi connectivity index (χ3v) is 5.54. The molecule has 0 N–H and O–H groups in total. The van der Waals surface area contributed by atoms with E-state index >= 15 is 0 Å². The maximum Gasteiger partial charge on any atom is 0.150 e. The van der Waals surface area contributed by atoms with Crippen molar-refractivity contribution in [2.45, 2.75) is 25.2 Å². The van der Waals surface area contributed by atoms with E-state index in [1.165, 1.54) is 11.3 Å². The summed E-state index contributed by atoms with van der Waals surface area (Å²) in [6, 6.07) is 0. The summed E-state index contributed by atoms with van der Waals surface area (Å²) in [6.07, 6.45) is 2.51. The number of sulfone groups is 1. The van der Waals surface area contributed by atoms with Crippen molar-refractivity contribution in [3.8, 4) is 0 Å². The van der Waals surface area contributed by atoms with Crippen molar-refractivity contribution >= 4 is 27.5 Å². The van der Waals surface area contributed by atoms with E-state index in [0.29, 0.717) is 19.3 Å². The Morgan fingerprint density at radius 1 is 1.44 bits per heavy atom. The quantitative estimate of drug-likeness (QED) is 0.765. The van der Waals surface area contributed by atoms with E-state index in [1.54, 1.807) is 0 Å². The zero-order valence-corrected chi connectivity index (χ0v) is 10.4. The fraction of sp³-hybridized carbons (Fsp3) is 0.600. The number of carbonyl (C=O) groups is 1. The first-order valence-corrected chi connectivity index (χ1v) is 7.89. The van der Waals surface area contributed by atoms with Crippen molar-refractivity contribution < 1.29 is 13.2 Å². The third kappa shape index (κ3) is 2.68. The second-order valence-corrected chi connectivity index (χ2v) is 7.17. The molecule has 1 aromatic rings. The summed E-state index contributed by atoms with van der Waals surface area (Å²) in [5.41, 5.74) is 0.795. The maximum atomic E-state index is 11.3. The van der Waals surface area contributed by atoms with Gasteiger partial charge in [-0.05, 0) is 12.8 Å². The number of hydrogen-bond acceptors (Lipinski definition) is 5. The Morgan fingerprint density at radius 2 is 2.12 bits per heavy atom. The summed E-state index contributed by atoms with van der Waals surface area (Å²) in [6.45, 7) is 0. The molecule has 0 aromatic carbocycles. The first-order valence-electron chi connectivity index (χ1n) is 5.19. The van der Waals surface area contributed by atoms with Crippen LogP contribution < -0.4 is 0 Å². The molecule has 0 bridgehead atoms. The lowest BCUT2D eigenvalue weighted by Gasteiger charge is -2.19. The van der Waals surface area contributed by atoms with Crippen molar-refractivity contribution in [3.63, 3.8) is 0 Å². The summed E-state index contributed by atoms with van der Waals surface area (Å²) in [7, 11) is -2.81. The van der Waals surface area contributed by atoms with Crippen LogP contribution in [0, 0.1) is 0 Å². The molecule has 0 radical (unpaired) electrons. The summed E-state index contributed by atoms with van der Waals surface area (Å²) in [5.74, 6) is 0.787. The van der Waals surface area contributed by atoms with Gasteiger partial charge in [-0.2, -0.15) is 0 Å². The van der Waals surface area contributed by atoms with Gasteiger partial charge in [0.15, 0.2) is 0 Å². The molecule has 0 spiro atoms. The fourth-order valence-corrected chi connectivity index (χ4v) is 4.32. The van der Waals surface area contributed by atoms with Gasteiger partial charge in [0.05, 0.1) is 22.2 Å². The average Bonchev–Trinajstić information content (AvgIpc) is 2.67. The van der Waals surface area contributed by atoms with E-state index in [4.69, 9.17) is 0 Å². The van der Waals surface area contributed by atoms with E-state index in [2.05, 4.69) is 4.98 Å². The van der Waals surface area contributed by atoms with Crippen molar-refractivity contribution in [3.05, 3.63) is 16.1 Å². The minimum Gasteiger partial charge on any atom is -0.303 e. The zero-order valence-electron chi connectivity index (χ0n) is 8.76. The molecule has 0 saturated carbocycles. The molecule has 1 saturated heterocycles. The molecule has 16 heavy (non-hydrogen) atoms. The molecule has 0 atom stereocenters. The van der Waals surface area contributed by atoms with Crippen LogP contribution in [0.5, 0.6) is 0 Å². The Hall–Kier alpha value is -0.750. The van der Waals surface area contributed by atoms with Gasteiger partial charge in [-0.1, -0.05) is 0 Å². The molecule has 1 aromatic heterocycles. The van der Waals surface area contributed by atoms with Gasteiger partial charge in [-0.3, -0.25) is 0 Å². The summed E-state index contributed by atoms with van der Waals surface area (Å²) >= 11 is 1.53. The summed E-state index contributed by atoms with van der Waals surface area (Å²) in [5, 5.41) is 2.86. The highest BCUT2D eigenvalue weighted by atomic mass is 32.2. The van der Waals surface area contributed by atoms with Crippen molar-refractivity contribution in [1.29, 1.82) is 0 Å². The number of rotatable bonds is 3. The van der Waals surface area contributed by atoms with Gasteiger partial charge in [0, 0.05) is 17.7 Å². The van der Waals surface area contributed by atoms with Crippen LogP contribution in [-0.4, -0.2) is 31.2 Å². The molecular weight excluding hydrogens is 246 g/mol. The fourth-order valence-electron chi connectivity index (χ4n) is 1.83. The van der Waals surface area contributed by atoms with E-state index in [-0.39, 0.29) is 17.4 Å². The lowest BCUT2D eigenvalue weighted by molar-refractivity contribution is -0.107. The normalized spacial score (nSPS) is 20.8. The molecule has 88 valence electrons. The zero-order chi connectivity index (χ0) is 11.6. The SMILES string of the molecule is O=CCc1csc(C2CCS(=O)(=O)CC2)n1. The molecule has 2 heterocycles. The van der Waals surface area contributed by atoms with Gasteiger partial charge in [-0.25, -0.2) is 13.4 Å². The summed E-state index contributed by atoms with van der Waals surface area (Å²) in [4.78, 5) is 14.7. The number of carbonyl (C=O) groups excluding carboxylic acids is 1. The predicted molar refractivity (Wildman–Crippen MR) is 62.5 cm³/mol. The molecule has 6 heteroatoms. The van der Waals surface area contributed by atoms with Gasteiger partial charge >= 0.3 is 0 Å². The van der Waals surface area contributed by atoms with Crippen LogP contribution in [0.1, 0.15) is 29.5 Å². The average molecular weight is 259 g/mol. The van der Waals surface area contributed by atoms with E-state index in [1.807, 2.05) is 5.38 Å². The molecule has 0 aliphatic carbocycles. The van der Waals surface area contributed by atoms with E-state index < -0.39 is 9.84 Å². The number of hydrogen-bond donors (Lipinski definition) is 0. The number of thiazole rings is 1. The largest absolute Gasteiger partial charge is 0.303 e. The van der Waals surface area contributed by atoms with Crippen molar-refractivity contribution in [2.24, 2.45) is 0 Å². The highest BCUT2D eigenvalue weighted by Gasteiger charge is 2.26. The third-order valence-electron chi connectivity index (χ3n) is 2.77. The Balaban J connectivity index is 2.05. The topological polar surface area (TPSA) is 64.1 Å². The standard InChI is InChI=1S/C10H13NO3S2/c12-4-1-9-7-15-10(11-9)8-2-5-16(13,14)6-3-8/h4,7-8H,1-3,5-6H2. The minimum atomic E-state index is -2.81. The first kappa shape index (κ1) is 11.7. The van der Waals surface area contributed by atoms with Gasteiger partial charge < -0.3 is 4.79 Å². The molecule has 2 rings (SSSR count). The van der Waals surface area contributed by atoms with Crippen LogP contribution in [0.4, 0.5) is 0 Å². The molecule has 1 aliphatic rings. The van der Waals surface area contributed by atoms with Gasteiger partial charge in [-0.15, -0.1) is 11.3 Å². The molecule has 0 unspecified atom stereocenters. The maximum absolute atomic E-state index is 11.3. The number of aldehydes is 1. The first-order chi connectivity index (χ1) is 7.61. The predicted octanol–water partition coefficient (Wildman–Crippen LogP) is 1.18. The summed E-state index contributed by atoms with van der Waals surface area (Å²) < 4.78 is 22.5. The second-order valence-electron chi connectivity index (χ2n) is 3.97. The monoisotopic (exact) mass is 259 g/mol. The van der Waals surface area contributed by atoms with Crippen LogP contribution in [0.3, 0.4) is 0 Å². The second kappa shape index (κ2) is 4.63. The molecular formula is C10H13NO3S2. The van der Waals surface area contributed by atoms with Crippen LogP contribution in [0.15, 0.2) is 5.38 Å². The Bertz CT molecular complexity index is 464. The van der Waals surface area contributed by atoms with Gasteiger partial charge in [0.2, 0.25) is 0 Å². The van der Waals surface area contributed by atoms with Gasteiger partial charge in [0.25, 0.3) is 0 Å². The number of nitrogens with zero attached hydrogens (tertiary/aromatic N) is 1. The molecule has 4 nitrogen and oxygen atoms in total. The Morgan fingerprint density at radius 3 is 2.75 bits per heavy atom. The highest BCUT2D eigenvalue weighted by Crippen LogP contribution is 2.31. The van der Waals surface area contributed by atoms with E-state index in [0.717, 1.165) is 17.0 Å². The van der Waals surface area contributed by atoms with Gasteiger partial charge in [0.1, 0.15) is 16.1 Å². The lowest BCUT2D eigenvalue weighted by atomic mass is 10.0. The van der Waals surface area contributed by atoms with E-state index in [9.17, 15) is 13.2 Å². The van der Waals surface area contributed by atoms with Crippen LogP contribution >= 0.6 is 11.3 Å². The minimum absolute atomic E-state index is 0.258. The smallest absolute Gasteiger partial charge is 0.150 e. The highest BCUT2D eigenvalue weighted by molar-refractivity contribution is 7.91. The van der Waals surface area contributed by atoms with Crippen molar-refractivity contribution in [1.82, 2.24) is 4.98 Å². The number of aromatic nitrogens is 1. The van der Waals surface area contributed by atoms with Crippen LogP contribution in [0.25, 0.3) is 0 Å². The lowest BCUT2D eigenvalue weighted by Crippen LogP contribution is -2.22. The van der Waals surface area contributed by atoms with Crippen LogP contribution in [-0.2, 0) is 21.1 Å². The molecule has 0 amide bonds. The Kier molecular flexibility index (Phi) is 3.39. The van der Waals surface area contributed by atoms with Crippen LogP contribution in [0.2, 0.25) is 0 Å². The molecule has 1 fully saturated rings. The Labute approximate surface area is 98.6 Å². The van der Waals surface area contributed by atoms with Crippen molar-refractivity contribution in [2.75, 3.05) is 11.5 Å². The molecule has 1 aliphatic heterocycles.